The van der Waals surface area contributed by atoms with Crippen LogP contribution in [0.25, 0.3) is 0 Å². The lowest BCUT2D eigenvalue weighted by Crippen LogP contribution is -2.33. The molecule has 0 saturated heterocycles. The third-order valence-electron chi connectivity index (χ3n) is 3.79. The summed E-state index contributed by atoms with van der Waals surface area (Å²) >= 11 is 3.45. The third-order valence-corrected chi connectivity index (χ3v) is 4.29. The number of anilines is 1. The molecule has 1 heterocycles. The molecule has 21 heavy (non-hydrogen) atoms. The highest BCUT2D eigenvalue weighted by molar-refractivity contribution is 9.10. The van der Waals surface area contributed by atoms with Crippen molar-refractivity contribution in [1.29, 1.82) is 0 Å². The quantitative estimate of drug-likeness (QED) is 0.861. The van der Waals surface area contributed by atoms with Crippen molar-refractivity contribution < 1.29 is 4.74 Å². The fourth-order valence-corrected chi connectivity index (χ4v) is 3.05. The van der Waals surface area contributed by atoms with Gasteiger partial charge in [-0.25, -0.2) is 0 Å². The average molecular weight is 347 g/mol. The number of nitrogens with zero attached hydrogens (tertiary/aromatic N) is 1. The van der Waals surface area contributed by atoms with E-state index in [1.165, 1.54) is 11.1 Å². The number of nitrogens with two attached hydrogens (primary N) is 1. The predicted molar refractivity (Wildman–Crippen MR) is 89.5 cm³/mol. The summed E-state index contributed by atoms with van der Waals surface area (Å²) in [6, 6.07) is 14.2. The van der Waals surface area contributed by atoms with Gasteiger partial charge in [-0.1, -0.05) is 28.1 Å². The van der Waals surface area contributed by atoms with Crippen LogP contribution in [0.15, 0.2) is 46.9 Å². The molecule has 0 fully saturated rings. The molecule has 2 N–H and O–H groups in total. The molecular weight excluding hydrogens is 328 g/mol. The van der Waals surface area contributed by atoms with Crippen LogP contribution < -0.4 is 10.5 Å². The van der Waals surface area contributed by atoms with Crippen molar-refractivity contribution >= 4 is 21.6 Å². The zero-order chi connectivity index (χ0) is 14.7. The Balaban J connectivity index is 1.53. The van der Waals surface area contributed by atoms with Crippen LogP contribution in [-0.2, 0) is 13.0 Å². The van der Waals surface area contributed by atoms with Crippen LogP contribution in [0.3, 0.4) is 0 Å². The van der Waals surface area contributed by atoms with Crippen molar-refractivity contribution in [3.05, 3.63) is 58.1 Å². The van der Waals surface area contributed by atoms with Gasteiger partial charge in [0.25, 0.3) is 0 Å². The van der Waals surface area contributed by atoms with Gasteiger partial charge in [-0.05, 0) is 47.9 Å². The number of ether oxygens (including phenoxy) is 1. The van der Waals surface area contributed by atoms with E-state index in [-0.39, 0.29) is 0 Å². The minimum atomic E-state index is 0.702. The molecule has 0 bridgehead atoms. The molecule has 4 heteroatoms. The highest BCUT2D eigenvalue weighted by atomic mass is 79.9. The minimum Gasteiger partial charge on any atom is -0.492 e. The van der Waals surface area contributed by atoms with Crippen molar-refractivity contribution in [2.45, 2.75) is 13.0 Å². The van der Waals surface area contributed by atoms with E-state index in [0.717, 1.165) is 42.0 Å². The normalized spacial score (nSPS) is 14.7. The molecule has 0 amide bonds. The van der Waals surface area contributed by atoms with Gasteiger partial charge < -0.3 is 10.5 Å². The summed E-state index contributed by atoms with van der Waals surface area (Å²) < 4.78 is 6.85. The van der Waals surface area contributed by atoms with Crippen molar-refractivity contribution in [3.63, 3.8) is 0 Å². The number of rotatable bonds is 4. The number of nitrogen functional groups attached to an aromatic ring is 1. The van der Waals surface area contributed by atoms with Crippen molar-refractivity contribution in [1.82, 2.24) is 4.90 Å². The highest BCUT2D eigenvalue weighted by Gasteiger charge is 2.15. The zero-order valence-corrected chi connectivity index (χ0v) is 13.5. The molecule has 0 atom stereocenters. The van der Waals surface area contributed by atoms with Crippen LogP contribution in [0.2, 0.25) is 0 Å². The van der Waals surface area contributed by atoms with Gasteiger partial charge in [-0.15, -0.1) is 0 Å². The van der Waals surface area contributed by atoms with Gasteiger partial charge in [-0.3, -0.25) is 4.90 Å². The molecule has 2 aromatic rings. The molecule has 0 spiro atoms. The van der Waals surface area contributed by atoms with Crippen LogP contribution in [0, 0.1) is 0 Å². The molecule has 110 valence electrons. The maximum atomic E-state index is 5.87. The van der Waals surface area contributed by atoms with Crippen LogP contribution >= 0.6 is 15.9 Å². The Morgan fingerprint density at radius 2 is 2.05 bits per heavy atom. The van der Waals surface area contributed by atoms with E-state index >= 15 is 0 Å². The van der Waals surface area contributed by atoms with Crippen LogP contribution in [0.5, 0.6) is 5.75 Å². The van der Waals surface area contributed by atoms with Gasteiger partial charge in [0.05, 0.1) is 0 Å². The predicted octanol–water partition coefficient (Wildman–Crippen LogP) is 3.47. The summed E-state index contributed by atoms with van der Waals surface area (Å²) in [6.45, 7) is 3.68. The Bertz CT molecular complexity index is 630. The standard InChI is InChI=1S/C17H19BrN2O/c18-15-2-1-3-17(11-15)21-9-8-20-7-6-13-4-5-16(19)10-14(13)12-20/h1-5,10-11H,6-9,12,19H2. The smallest absolute Gasteiger partial charge is 0.120 e. The number of fused-ring (bicyclic) bond motifs is 1. The van der Waals surface area contributed by atoms with Gasteiger partial charge in [0.2, 0.25) is 0 Å². The fraction of sp³-hybridized carbons (Fsp3) is 0.294. The SMILES string of the molecule is Nc1ccc2c(c1)CN(CCOc1cccc(Br)c1)CC2. The van der Waals surface area contributed by atoms with E-state index in [1.807, 2.05) is 30.3 Å². The largest absolute Gasteiger partial charge is 0.492 e. The van der Waals surface area contributed by atoms with E-state index in [0.29, 0.717) is 6.61 Å². The number of hydrogen-bond donors (Lipinski definition) is 1. The molecule has 0 radical (unpaired) electrons. The lowest BCUT2D eigenvalue weighted by atomic mass is 9.99. The number of halogens is 1. The van der Waals surface area contributed by atoms with Gasteiger partial charge in [-0.2, -0.15) is 0 Å². The molecule has 0 aromatic heterocycles. The van der Waals surface area contributed by atoms with E-state index < -0.39 is 0 Å². The summed E-state index contributed by atoms with van der Waals surface area (Å²) in [5, 5.41) is 0. The summed E-state index contributed by atoms with van der Waals surface area (Å²) in [6.07, 6.45) is 1.09. The number of hydrogen-bond acceptors (Lipinski definition) is 3. The van der Waals surface area contributed by atoms with Crippen molar-refractivity contribution in [2.24, 2.45) is 0 Å². The van der Waals surface area contributed by atoms with E-state index in [1.54, 1.807) is 0 Å². The maximum absolute atomic E-state index is 5.87. The topological polar surface area (TPSA) is 38.5 Å². The van der Waals surface area contributed by atoms with Gasteiger partial charge in [0.15, 0.2) is 0 Å². The van der Waals surface area contributed by atoms with Crippen LogP contribution in [-0.4, -0.2) is 24.6 Å². The second kappa shape index (κ2) is 6.50. The molecule has 0 aliphatic carbocycles. The third kappa shape index (κ3) is 3.77. The Labute approximate surface area is 133 Å². The summed E-state index contributed by atoms with van der Waals surface area (Å²) in [4.78, 5) is 2.42. The number of benzene rings is 2. The molecule has 0 unspecified atom stereocenters. The van der Waals surface area contributed by atoms with Crippen molar-refractivity contribution in [2.75, 3.05) is 25.4 Å². The molecule has 2 aromatic carbocycles. The molecular formula is C17H19BrN2O. The maximum Gasteiger partial charge on any atom is 0.120 e. The molecule has 0 saturated carbocycles. The first kappa shape index (κ1) is 14.4. The first-order chi connectivity index (χ1) is 10.2. The Morgan fingerprint density at radius 3 is 2.90 bits per heavy atom. The Kier molecular flexibility index (Phi) is 4.46. The second-order valence-electron chi connectivity index (χ2n) is 5.36. The highest BCUT2D eigenvalue weighted by Crippen LogP contribution is 2.21. The fourth-order valence-electron chi connectivity index (χ4n) is 2.68. The minimum absolute atomic E-state index is 0.702. The zero-order valence-electron chi connectivity index (χ0n) is 11.9. The average Bonchev–Trinajstić information content (AvgIpc) is 2.47. The summed E-state index contributed by atoms with van der Waals surface area (Å²) in [5.74, 6) is 0.908. The van der Waals surface area contributed by atoms with Gasteiger partial charge in [0.1, 0.15) is 12.4 Å². The molecule has 1 aliphatic rings. The molecule has 3 rings (SSSR count). The summed E-state index contributed by atoms with van der Waals surface area (Å²) in [5.41, 5.74) is 9.49. The lowest BCUT2D eigenvalue weighted by Gasteiger charge is -2.28. The monoisotopic (exact) mass is 346 g/mol. The van der Waals surface area contributed by atoms with E-state index in [4.69, 9.17) is 10.5 Å². The van der Waals surface area contributed by atoms with Crippen LogP contribution in [0.1, 0.15) is 11.1 Å². The Hall–Kier alpha value is -1.52. The van der Waals surface area contributed by atoms with Crippen LogP contribution in [0.4, 0.5) is 5.69 Å². The lowest BCUT2D eigenvalue weighted by molar-refractivity contribution is 0.196. The van der Waals surface area contributed by atoms with Crippen molar-refractivity contribution in [3.8, 4) is 5.75 Å². The molecule has 1 aliphatic heterocycles. The summed E-state index contributed by atoms with van der Waals surface area (Å²) in [7, 11) is 0. The van der Waals surface area contributed by atoms with E-state index in [2.05, 4.69) is 33.0 Å². The molecule has 3 nitrogen and oxygen atoms in total. The van der Waals surface area contributed by atoms with E-state index in [9.17, 15) is 0 Å². The Morgan fingerprint density at radius 1 is 1.14 bits per heavy atom. The second-order valence-corrected chi connectivity index (χ2v) is 6.28. The first-order valence-electron chi connectivity index (χ1n) is 7.19. The van der Waals surface area contributed by atoms with Gasteiger partial charge in [0, 0.05) is 29.8 Å². The first-order valence-corrected chi connectivity index (χ1v) is 7.98. The van der Waals surface area contributed by atoms with Gasteiger partial charge >= 0.3 is 0 Å².